The molecule has 0 aliphatic carbocycles. The van der Waals surface area contributed by atoms with Crippen molar-refractivity contribution in [2.75, 3.05) is 0 Å². The van der Waals surface area contributed by atoms with Crippen LogP contribution >= 0.6 is 22.7 Å². The van der Waals surface area contributed by atoms with Gasteiger partial charge in [0.05, 0.1) is 31.6 Å². The standard InChI is InChI=1S/C44H16F10N2S2/c45-33-31(34(46)38(50)41(53)37(33)49)21-5-1-19-11-23(7-3-17(19)9-21)43-55-27-13-25-16-30-28(14-26(25)15-29(27)57-43)56-44(58-30)24-8-4-18-10-22(6-2-20(18)12-24)32-35(47)39(51)42(54)40(52)36(32)48/h1-16H. The summed E-state index contributed by atoms with van der Waals surface area (Å²) < 4.78 is 143. The molecule has 10 aromatic rings. The molecule has 0 fully saturated rings. The summed E-state index contributed by atoms with van der Waals surface area (Å²) in [7, 11) is 0. The van der Waals surface area contributed by atoms with E-state index in [9.17, 15) is 43.9 Å². The second kappa shape index (κ2) is 13.1. The molecule has 14 heteroatoms. The van der Waals surface area contributed by atoms with E-state index in [0.717, 1.165) is 42.3 Å². The molecular formula is C44H16F10N2S2. The Hall–Kier alpha value is -6.38. The molecule has 0 atom stereocenters. The van der Waals surface area contributed by atoms with Crippen molar-refractivity contribution in [1.82, 2.24) is 9.97 Å². The lowest BCUT2D eigenvalue weighted by molar-refractivity contribution is 0.381. The second-order valence-corrected chi connectivity index (χ2v) is 15.5. The third-order valence-electron chi connectivity index (χ3n) is 10.0. The topological polar surface area (TPSA) is 25.8 Å². The van der Waals surface area contributed by atoms with Crippen molar-refractivity contribution in [2.45, 2.75) is 0 Å². The van der Waals surface area contributed by atoms with Gasteiger partial charge in [-0.25, -0.2) is 53.9 Å². The van der Waals surface area contributed by atoms with Crippen LogP contribution < -0.4 is 0 Å². The number of aromatic nitrogens is 2. The summed E-state index contributed by atoms with van der Waals surface area (Å²) in [4.78, 5) is 9.72. The molecule has 0 N–H and O–H groups in total. The van der Waals surface area contributed by atoms with E-state index in [1.807, 2.05) is 36.4 Å². The first-order valence-corrected chi connectivity index (χ1v) is 18.7. The van der Waals surface area contributed by atoms with Gasteiger partial charge < -0.3 is 0 Å². The van der Waals surface area contributed by atoms with Crippen LogP contribution in [-0.4, -0.2) is 9.97 Å². The average molecular weight is 827 g/mol. The molecule has 0 bridgehead atoms. The smallest absolute Gasteiger partial charge is 0.200 e. The number of thiazole rings is 2. The minimum absolute atomic E-state index is 0.159. The van der Waals surface area contributed by atoms with Crippen LogP contribution in [0.15, 0.2) is 97.1 Å². The number of hydrogen-bond donors (Lipinski definition) is 0. The van der Waals surface area contributed by atoms with Crippen molar-refractivity contribution in [3.63, 3.8) is 0 Å². The van der Waals surface area contributed by atoms with Gasteiger partial charge in [0.15, 0.2) is 46.5 Å². The first-order valence-electron chi connectivity index (χ1n) is 17.1. The van der Waals surface area contributed by atoms with E-state index in [1.165, 1.54) is 46.9 Å². The maximum Gasteiger partial charge on any atom is 0.200 e. The Morgan fingerprint density at radius 2 is 0.586 bits per heavy atom. The fourth-order valence-corrected chi connectivity index (χ4v) is 9.11. The van der Waals surface area contributed by atoms with Gasteiger partial charge in [-0.3, -0.25) is 0 Å². The van der Waals surface area contributed by atoms with Crippen molar-refractivity contribution in [3.05, 3.63) is 155 Å². The van der Waals surface area contributed by atoms with E-state index in [4.69, 9.17) is 9.97 Å². The molecule has 58 heavy (non-hydrogen) atoms. The highest BCUT2D eigenvalue weighted by atomic mass is 32.1. The average Bonchev–Trinajstić information content (AvgIpc) is 3.85. The minimum Gasteiger partial charge on any atom is -0.236 e. The highest BCUT2D eigenvalue weighted by molar-refractivity contribution is 7.22. The molecule has 0 aliphatic heterocycles. The van der Waals surface area contributed by atoms with Gasteiger partial charge in [0.2, 0.25) is 11.6 Å². The Morgan fingerprint density at radius 1 is 0.293 bits per heavy atom. The van der Waals surface area contributed by atoms with Crippen LogP contribution in [-0.2, 0) is 0 Å². The summed E-state index contributed by atoms with van der Waals surface area (Å²) in [5.74, 6) is -20.1. The summed E-state index contributed by atoms with van der Waals surface area (Å²) in [5, 5.41) is 5.62. The molecule has 0 aliphatic rings. The lowest BCUT2D eigenvalue weighted by Gasteiger charge is -2.10. The van der Waals surface area contributed by atoms with Crippen LogP contribution in [0.1, 0.15) is 0 Å². The molecule has 10 rings (SSSR count). The van der Waals surface area contributed by atoms with Gasteiger partial charge in [-0.15, -0.1) is 22.7 Å². The molecule has 284 valence electrons. The van der Waals surface area contributed by atoms with E-state index in [0.29, 0.717) is 31.6 Å². The summed E-state index contributed by atoms with van der Waals surface area (Å²) in [5.41, 5.74) is 0.703. The predicted molar refractivity (Wildman–Crippen MR) is 207 cm³/mol. The maximum absolute atomic E-state index is 14.5. The summed E-state index contributed by atoms with van der Waals surface area (Å²) in [6, 6.07) is 26.9. The quantitative estimate of drug-likeness (QED) is 0.100. The molecular weight excluding hydrogens is 811 g/mol. The zero-order valence-corrected chi connectivity index (χ0v) is 30.4. The number of nitrogens with zero attached hydrogens (tertiary/aromatic N) is 2. The van der Waals surface area contributed by atoms with Gasteiger partial charge in [0.1, 0.15) is 10.0 Å². The van der Waals surface area contributed by atoms with Crippen molar-refractivity contribution < 1.29 is 43.9 Å². The lowest BCUT2D eigenvalue weighted by Crippen LogP contribution is -2.03. The fraction of sp³-hybridized carbons (Fsp3) is 0. The van der Waals surface area contributed by atoms with Gasteiger partial charge in [0, 0.05) is 11.1 Å². The molecule has 2 aromatic heterocycles. The van der Waals surface area contributed by atoms with Crippen LogP contribution in [0.2, 0.25) is 0 Å². The Kier molecular flexibility index (Phi) is 8.12. The van der Waals surface area contributed by atoms with Crippen LogP contribution in [0, 0.1) is 58.2 Å². The van der Waals surface area contributed by atoms with E-state index in [1.54, 1.807) is 36.4 Å². The molecule has 2 heterocycles. The monoisotopic (exact) mass is 826 g/mol. The van der Waals surface area contributed by atoms with Gasteiger partial charge in [0.25, 0.3) is 0 Å². The first kappa shape index (κ1) is 36.0. The third-order valence-corrected chi connectivity index (χ3v) is 12.2. The van der Waals surface area contributed by atoms with E-state index < -0.39 is 69.3 Å². The Morgan fingerprint density at radius 3 is 0.931 bits per heavy atom. The van der Waals surface area contributed by atoms with Crippen molar-refractivity contribution in [3.8, 4) is 43.4 Å². The summed E-state index contributed by atoms with van der Waals surface area (Å²) in [6.45, 7) is 0. The highest BCUT2D eigenvalue weighted by Crippen LogP contribution is 2.40. The largest absolute Gasteiger partial charge is 0.236 e. The summed E-state index contributed by atoms with van der Waals surface area (Å²) >= 11 is 2.90. The van der Waals surface area contributed by atoms with Crippen LogP contribution in [0.25, 0.3) is 96.1 Å². The zero-order valence-electron chi connectivity index (χ0n) is 28.7. The zero-order chi connectivity index (χ0) is 40.3. The number of hydrogen-bond acceptors (Lipinski definition) is 4. The summed E-state index contributed by atoms with van der Waals surface area (Å²) in [6.07, 6.45) is 0. The van der Waals surface area contributed by atoms with Crippen LogP contribution in [0.5, 0.6) is 0 Å². The van der Waals surface area contributed by atoms with E-state index >= 15 is 0 Å². The molecule has 0 saturated heterocycles. The van der Waals surface area contributed by atoms with Crippen LogP contribution in [0.3, 0.4) is 0 Å². The van der Waals surface area contributed by atoms with Gasteiger partial charge >= 0.3 is 0 Å². The predicted octanol–water partition coefficient (Wildman–Crippen LogP) is 14.4. The molecule has 8 aromatic carbocycles. The third kappa shape index (κ3) is 5.53. The molecule has 0 amide bonds. The number of rotatable bonds is 4. The minimum atomic E-state index is -2.22. The van der Waals surface area contributed by atoms with Crippen molar-refractivity contribution in [1.29, 1.82) is 0 Å². The lowest BCUT2D eigenvalue weighted by atomic mass is 9.98. The number of fused-ring (bicyclic) bond motifs is 5. The Balaban J connectivity index is 0.953. The van der Waals surface area contributed by atoms with Gasteiger partial charge in [-0.2, -0.15) is 0 Å². The Labute approximate surface area is 326 Å². The van der Waals surface area contributed by atoms with E-state index in [2.05, 4.69) is 0 Å². The fourth-order valence-electron chi connectivity index (χ4n) is 7.13. The first-order chi connectivity index (χ1) is 27.8. The van der Waals surface area contributed by atoms with Crippen molar-refractivity contribution in [2.24, 2.45) is 0 Å². The Bertz CT molecular complexity index is 3080. The number of halogens is 10. The normalized spacial score (nSPS) is 12.0. The molecule has 2 nitrogen and oxygen atoms in total. The van der Waals surface area contributed by atoms with E-state index in [-0.39, 0.29) is 11.1 Å². The highest BCUT2D eigenvalue weighted by Gasteiger charge is 2.28. The molecule has 0 saturated carbocycles. The number of benzene rings is 8. The van der Waals surface area contributed by atoms with Crippen molar-refractivity contribution >= 4 is 75.4 Å². The van der Waals surface area contributed by atoms with Gasteiger partial charge in [-0.1, -0.05) is 48.5 Å². The van der Waals surface area contributed by atoms with Gasteiger partial charge in [-0.05, 0) is 92.0 Å². The maximum atomic E-state index is 14.5. The second-order valence-electron chi connectivity index (χ2n) is 13.5. The van der Waals surface area contributed by atoms with Crippen LogP contribution in [0.4, 0.5) is 43.9 Å². The SMILES string of the molecule is Fc1c(F)c(F)c(-c2ccc3cc(-c4nc5cc6cc7sc(-c8ccc9cc(-c%10c(F)c(F)c(F)c(F)c%10F)ccc9c8)nc7cc6cc5s4)ccc3c2)c(F)c1F. The molecule has 0 spiro atoms. The molecule has 0 radical (unpaired) electrons. The molecule has 0 unspecified atom stereocenters.